The van der Waals surface area contributed by atoms with Gasteiger partial charge >= 0.3 is 0 Å². The number of nitrogens with one attached hydrogen (secondary N) is 1. The van der Waals surface area contributed by atoms with Crippen molar-refractivity contribution < 1.29 is 9.13 Å². The topological polar surface area (TPSA) is 37.9 Å². The number of nitrogens with zero attached hydrogens (tertiary/aromatic N) is 1. The molecule has 0 aliphatic rings. The molecule has 2 aromatic rings. The van der Waals surface area contributed by atoms with Gasteiger partial charge < -0.3 is 4.74 Å². The Kier molecular flexibility index (Phi) is 3.01. The predicted molar refractivity (Wildman–Crippen MR) is 57.0 cm³/mol. The lowest BCUT2D eigenvalue weighted by Crippen LogP contribution is -1.94. The summed E-state index contributed by atoms with van der Waals surface area (Å²) in [5, 5.41) is 6.48. The summed E-state index contributed by atoms with van der Waals surface area (Å²) in [5.41, 5.74) is 0.936. The molecule has 5 heteroatoms. The Hall–Kier alpha value is -1.36. The van der Waals surface area contributed by atoms with Gasteiger partial charge in [-0.25, -0.2) is 4.39 Å². The van der Waals surface area contributed by atoms with Gasteiger partial charge in [0.25, 0.3) is 0 Å². The summed E-state index contributed by atoms with van der Waals surface area (Å²) >= 11 is 3.22. The van der Waals surface area contributed by atoms with Crippen molar-refractivity contribution in [3.8, 4) is 5.75 Å². The molecule has 1 heterocycles. The zero-order valence-corrected chi connectivity index (χ0v) is 9.29. The van der Waals surface area contributed by atoms with Gasteiger partial charge in [0.15, 0.2) is 0 Å². The zero-order chi connectivity index (χ0) is 10.7. The van der Waals surface area contributed by atoms with Crippen LogP contribution in [0.4, 0.5) is 4.39 Å². The van der Waals surface area contributed by atoms with Crippen LogP contribution in [0.3, 0.4) is 0 Å². The average molecular weight is 271 g/mol. The van der Waals surface area contributed by atoms with Gasteiger partial charge in [0.2, 0.25) is 0 Å². The van der Waals surface area contributed by atoms with Gasteiger partial charge in [0, 0.05) is 11.8 Å². The van der Waals surface area contributed by atoms with Crippen molar-refractivity contribution in [2.75, 3.05) is 0 Å². The summed E-state index contributed by atoms with van der Waals surface area (Å²) in [5.74, 6) is 0.315. The van der Waals surface area contributed by atoms with E-state index in [-0.39, 0.29) is 5.82 Å². The summed E-state index contributed by atoms with van der Waals surface area (Å²) in [6.45, 7) is 0.404. The Balaban J connectivity index is 2.05. The maximum absolute atomic E-state index is 12.8. The first-order valence-electron chi connectivity index (χ1n) is 4.31. The first-order valence-corrected chi connectivity index (χ1v) is 5.10. The van der Waals surface area contributed by atoms with Crippen LogP contribution in [0.1, 0.15) is 5.56 Å². The molecule has 78 valence electrons. The summed E-state index contributed by atoms with van der Waals surface area (Å²) in [6.07, 6.45) is 3.43. The maximum atomic E-state index is 12.8. The van der Waals surface area contributed by atoms with Crippen LogP contribution in [-0.2, 0) is 6.61 Å². The third kappa shape index (κ3) is 2.56. The molecule has 0 amide bonds. The lowest BCUT2D eigenvalue weighted by Gasteiger charge is -2.06. The van der Waals surface area contributed by atoms with Crippen molar-refractivity contribution >= 4 is 15.9 Å². The molecule has 0 aliphatic heterocycles. The fraction of sp³-hybridized carbons (Fsp3) is 0.100. The molecule has 15 heavy (non-hydrogen) atoms. The molecule has 0 radical (unpaired) electrons. The van der Waals surface area contributed by atoms with Crippen LogP contribution in [0.2, 0.25) is 0 Å². The molecule has 2 rings (SSSR count). The van der Waals surface area contributed by atoms with E-state index < -0.39 is 0 Å². The van der Waals surface area contributed by atoms with E-state index in [0.29, 0.717) is 16.8 Å². The molecule has 1 N–H and O–H groups in total. The van der Waals surface area contributed by atoms with E-state index in [1.54, 1.807) is 18.5 Å². The maximum Gasteiger partial charge on any atom is 0.134 e. The van der Waals surface area contributed by atoms with E-state index in [2.05, 4.69) is 26.1 Å². The quantitative estimate of drug-likeness (QED) is 0.932. The number of benzene rings is 1. The molecule has 0 atom stereocenters. The molecular weight excluding hydrogens is 263 g/mol. The number of halogens is 2. The third-order valence-electron chi connectivity index (χ3n) is 1.84. The van der Waals surface area contributed by atoms with E-state index in [4.69, 9.17) is 4.74 Å². The largest absolute Gasteiger partial charge is 0.488 e. The highest BCUT2D eigenvalue weighted by Gasteiger charge is 2.03. The highest BCUT2D eigenvalue weighted by molar-refractivity contribution is 9.10. The van der Waals surface area contributed by atoms with Crippen molar-refractivity contribution in [3.05, 3.63) is 46.4 Å². The molecule has 0 saturated heterocycles. The van der Waals surface area contributed by atoms with Crippen LogP contribution in [0.5, 0.6) is 5.75 Å². The molecule has 0 bridgehead atoms. The third-order valence-corrected chi connectivity index (χ3v) is 2.46. The number of aromatic nitrogens is 2. The fourth-order valence-corrected chi connectivity index (χ4v) is 1.58. The van der Waals surface area contributed by atoms with Crippen LogP contribution in [0.25, 0.3) is 0 Å². The van der Waals surface area contributed by atoms with Gasteiger partial charge in [-0.05, 0) is 34.1 Å². The van der Waals surface area contributed by atoms with Gasteiger partial charge in [-0.15, -0.1) is 0 Å². The van der Waals surface area contributed by atoms with Gasteiger partial charge in [-0.2, -0.15) is 5.10 Å². The lowest BCUT2D eigenvalue weighted by atomic mass is 10.3. The second-order valence-electron chi connectivity index (χ2n) is 2.97. The standard InChI is InChI=1S/C10H8BrFN2O/c11-9-3-8(12)1-2-10(9)15-6-7-4-13-14-5-7/h1-5H,6H2,(H,13,14). The average Bonchev–Trinajstić information content (AvgIpc) is 2.69. The fourth-order valence-electron chi connectivity index (χ4n) is 1.11. The summed E-state index contributed by atoms with van der Waals surface area (Å²) in [7, 11) is 0. The van der Waals surface area contributed by atoms with Gasteiger partial charge in [0.05, 0.1) is 10.7 Å². The normalized spacial score (nSPS) is 10.3. The zero-order valence-electron chi connectivity index (χ0n) is 7.71. The van der Waals surface area contributed by atoms with E-state index in [1.165, 1.54) is 12.1 Å². The van der Waals surface area contributed by atoms with Crippen LogP contribution >= 0.6 is 15.9 Å². The summed E-state index contributed by atoms with van der Waals surface area (Å²) in [6, 6.07) is 4.31. The molecule has 3 nitrogen and oxygen atoms in total. The second kappa shape index (κ2) is 4.44. The highest BCUT2D eigenvalue weighted by atomic mass is 79.9. The van der Waals surface area contributed by atoms with E-state index in [0.717, 1.165) is 5.56 Å². The first-order chi connectivity index (χ1) is 7.25. The minimum absolute atomic E-state index is 0.294. The Morgan fingerprint density at radius 2 is 2.33 bits per heavy atom. The van der Waals surface area contributed by atoms with Gasteiger partial charge in [-0.3, -0.25) is 5.10 Å². The number of hydrogen-bond acceptors (Lipinski definition) is 2. The van der Waals surface area contributed by atoms with Crippen LogP contribution < -0.4 is 4.74 Å². The van der Waals surface area contributed by atoms with Crippen molar-refractivity contribution in [2.24, 2.45) is 0 Å². The molecule has 1 aromatic heterocycles. The number of hydrogen-bond donors (Lipinski definition) is 1. The van der Waals surface area contributed by atoms with Gasteiger partial charge in [-0.1, -0.05) is 0 Å². The van der Waals surface area contributed by atoms with Crippen LogP contribution in [0, 0.1) is 5.82 Å². The monoisotopic (exact) mass is 270 g/mol. The smallest absolute Gasteiger partial charge is 0.134 e. The Morgan fingerprint density at radius 3 is 3.00 bits per heavy atom. The minimum atomic E-state index is -0.294. The second-order valence-corrected chi connectivity index (χ2v) is 3.82. The molecule has 0 spiro atoms. The molecule has 0 aliphatic carbocycles. The molecule has 0 fully saturated rings. The summed E-state index contributed by atoms with van der Waals surface area (Å²) in [4.78, 5) is 0. The van der Waals surface area contributed by atoms with E-state index >= 15 is 0 Å². The number of ether oxygens (including phenoxy) is 1. The predicted octanol–water partition coefficient (Wildman–Crippen LogP) is 2.89. The Bertz CT molecular complexity index is 445. The minimum Gasteiger partial charge on any atom is -0.488 e. The lowest BCUT2D eigenvalue weighted by molar-refractivity contribution is 0.304. The van der Waals surface area contributed by atoms with Crippen molar-refractivity contribution in [1.82, 2.24) is 10.2 Å². The SMILES string of the molecule is Fc1ccc(OCc2cn[nH]c2)c(Br)c1. The molecule has 1 aromatic carbocycles. The molecule has 0 unspecified atom stereocenters. The molecule has 0 saturated carbocycles. The van der Waals surface area contributed by atoms with E-state index in [1.807, 2.05) is 0 Å². The first kappa shape index (κ1) is 10.2. The van der Waals surface area contributed by atoms with Crippen molar-refractivity contribution in [1.29, 1.82) is 0 Å². The van der Waals surface area contributed by atoms with Crippen LogP contribution in [-0.4, -0.2) is 10.2 Å². The van der Waals surface area contributed by atoms with E-state index in [9.17, 15) is 4.39 Å². The van der Waals surface area contributed by atoms with Crippen molar-refractivity contribution in [3.63, 3.8) is 0 Å². The summed E-state index contributed by atoms with van der Waals surface area (Å²) < 4.78 is 18.8. The Labute approximate surface area is 94.4 Å². The van der Waals surface area contributed by atoms with Crippen LogP contribution in [0.15, 0.2) is 35.1 Å². The number of aromatic amines is 1. The van der Waals surface area contributed by atoms with Crippen molar-refractivity contribution in [2.45, 2.75) is 6.61 Å². The number of rotatable bonds is 3. The van der Waals surface area contributed by atoms with Gasteiger partial charge in [0.1, 0.15) is 18.2 Å². The molecular formula is C10H8BrFN2O. The Morgan fingerprint density at radius 1 is 1.47 bits per heavy atom. The highest BCUT2D eigenvalue weighted by Crippen LogP contribution is 2.26. The number of H-pyrrole nitrogens is 1.